The zero-order chi connectivity index (χ0) is 10.8. The second kappa shape index (κ2) is 9.00. The fraction of sp³-hybridized carbons (Fsp3) is 0.909. The first kappa shape index (κ1) is 13.4. The third-order valence-corrected chi connectivity index (χ3v) is 2.23. The van der Waals surface area contributed by atoms with Crippen LogP contribution in [0.2, 0.25) is 0 Å². The highest BCUT2D eigenvalue weighted by Gasteiger charge is 2.01. The molecule has 3 nitrogen and oxygen atoms in total. The van der Waals surface area contributed by atoms with Crippen molar-refractivity contribution in [2.45, 2.75) is 40.0 Å². The summed E-state index contributed by atoms with van der Waals surface area (Å²) in [6, 6.07) is 0. The molecule has 14 heavy (non-hydrogen) atoms. The molecule has 0 unspecified atom stereocenters. The van der Waals surface area contributed by atoms with E-state index in [-0.39, 0.29) is 5.97 Å². The lowest BCUT2D eigenvalue weighted by Gasteiger charge is -2.17. The van der Waals surface area contributed by atoms with E-state index in [9.17, 15) is 4.79 Å². The summed E-state index contributed by atoms with van der Waals surface area (Å²) >= 11 is 0. The number of carbonyl (C=O) groups excluding carboxylic acids is 1. The highest BCUT2D eigenvalue weighted by atomic mass is 16.5. The zero-order valence-electron chi connectivity index (χ0n) is 9.71. The molecule has 0 amide bonds. The SMILES string of the molecule is CCCC(=O)OCCCN(CC)CC. The maximum absolute atomic E-state index is 11.0. The summed E-state index contributed by atoms with van der Waals surface area (Å²) in [5, 5.41) is 0. The van der Waals surface area contributed by atoms with Crippen LogP contribution in [0.3, 0.4) is 0 Å². The number of rotatable bonds is 8. The lowest BCUT2D eigenvalue weighted by atomic mass is 10.3. The molecule has 0 saturated carbocycles. The minimum atomic E-state index is -0.0629. The van der Waals surface area contributed by atoms with E-state index in [0.29, 0.717) is 13.0 Å². The summed E-state index contributed by atoms with van der Waals surface area (Å²) in [5.74, 6) is -0.0629. The molecule has 0 radical (unpaired) electrons. The molecule has 0 saturated heterocycles. The number of ether oxygens (including phenoxy) is 1. The van der Waals surface area contributed by atoms with Crippen LogP contribution in [-0.4, -0.2) is 37.1 Å². The molecule has 0 rings (SSSR count). The molecule has 3 heteroatoms. The summed E-state index contributed by atoms with van der Waals surface area (Å²) in [4.78, 5) is 13.3. The normalized spacial score (nSPS) is 10.6. The van der Waals surface area contributed by atoms with Gasteiger partial charge in [0.05, 0.1) is 6.61 Å². The molecule has 0 fully saturated rings. The standard InChI is InChI=1S/C11H23NO2/c1-4-8-11(13)14-10-7-9-12(5-2)6-3/h4-10H2,1-3H3. The number of esters is 1. The number of hydrogen-bond donors (Lipinski definition) is 0. The molecule has 84 valence electrons. The van der Waals surface area contributed by atoms with Crippen molar-refractivity contribution in [2.75, 3.05) is 26.2 Å². The minimum absolute atomic E-state index is 0.0629. The number of nitrogens with zero attached hydrogens (tertiary/aromatic N) is 1. The van der Waals surface area contributed by atoms with Crippen molar-refractivity contribution < 1.29 is 9.53 Å². The lowest BCUT2D eigenvalue weighted by Crippen LogP contribution is -2.25. The molecule has 0 spiro atoms. The summed E-state index contributed by atoms with van der Waals surface area (Å²) in [6.07, 6.45) is 2.36. The van der Waals surface area contributed by atoms with E-state index in [2.05, 4.69) is 18.7 Å². The van der Waals surface area contributed by atoms with E-state index < -0.39 is 0 Å². The predicted molar refractivity (Wildman–Crippen MR) is 58.3 cm³/mol. The van der Waals surface area contributed by atoms with Crippen molar-refractivity contribution >= 4 is 5.97 Å². The molecular weight excluding hydrogens is 178 g/mol. The molecular formula is C11H23NO2. The Morgan fingerprint density at radius 3 is 2.36 bits per heavy atom. The first-order valence-electron chi connectivity index (χ1n) is 5.62. The molecule has 0 bridgehead atoms. The van der Waals surface area contributed by atoms with Crippen LogP contribution in [0.1, 0.15) is 40.0 Å². The molecule has 0 atom stereocenters. The summed E-state index contributed by atoms with van der Waals surface area (Å²) in [5.41, 5.74) is 0. The number of hydrogen-bond acceptors (Lipinski definition) is 3. The van der Waals surface area contributed by atoms with Gasteiger partial charge in [0.2, 0.25) is 0 Å². The van der Waals surface area contributed by atoms with Crippen molar-refractivity contribution in [3.63, 3.8) is 0 Å². The fourth-order valence-electron chi connectivity index (χ4n) is 1.29. The van der Waals surface area contributed by atoms with Gasteiger partial charge in [0.25, 0.3) is 0 Å². The van der Waals surface area contributed by atoms with Crippen LogP contribution in [0.5, 0.6) is 0 Å². The summed E-state index contributed by atoms with van der Waals surface area (Å²) in [7, 11) is 0. The Balaban J connectivity index is 3.32. The van der Waals surface area contributed by atoms with E-state index >= 15 is 0 Å². The first-order chi connectivity index (χ1) is 6.74. The molecule has 0 aliphatic heterocycles. The van der Waals surface area contributed by atoms with Crippen LogP contribution in [0.4, 0.5) is 0 Å². The molecule has 0 aromatic rings. The van der Waals surface area contributed by atoms with Gasteiger partial charge in [-0.25, -0.2) is 0 Å². The van der Waals surface area contributed by atoms with E-state index in [1.807, 2.05) is 6.92 Å². The van der Waals surface area contributed by atoms with Gasteiger partial charge in [0, 0.05) is 13.0 Å². The molecule has 0 heterocycles. The summed E-state index contributed by atoms with van der Waals surface area (Å²) in [6.45, 7) is 10.00. The van der Waals surface area contributed by atoms with Gasteiger partial charge in [0.1, 0.15) is 0 Å². The van der Waals surface area contributed by atoms with Crippen molar-refractivity contribution in [3.8, 4) is 0 Å². The van der Waals surface area contributed by atoms with Gasteiger partial charge in [-0.15, -0.1) is 0 Å². The second-order valence-electron chi connectivity index (χ2n) is 3.35. The first-order valence-corrected chi connectivity index (χ1v) is 5.62. The monoisotopic (exact) mass is 201 g/mol. The van der Waals surface area contributed by atoms with Gasteiger partial charge in [-0.1, -0.05) is 20.8 Å². The summed E-state index contributed by atoms with van der Waals surface area (Å²) < 4.78 is 5.06. The second-order valence-corrected chi connectivity index (χ2v) is 3.35. The van der Waals surface area contributed by atoms with Gasteiger partial charge in [0.15, 0.2) is 0 Å². The molecule has 0 aliphatic carbocycles. The quantitative estimate of drug-likeness (QED) is 0.445. The van der Waals surface area contributed by atoms with Crippen LogP contribution in [-0.2, 0) is 9.53 Å². The maximum atomic E-state index is 11.0. The Morgan fingerprint density at radius 1 is 1.21 bits per heavy atom. The average Bonchev–Trinajstić information content (AvgIpc) is 2.19. The van der Waals surface area contributed by atoms with Crippen LogP contribution in [0.15, 0.2) is 0 Å². The smallest absolute Gasteiger partial charge is 0.305 e. The van der Waals surface area contributed by atoms with Crippen molar-refractivity contribution in [3.05, 3.63) is 0 Å². The average molecular weight is 201 g/mol. The fourth-order valence-corrected chi connectivity index (χ4v) is 1.29. The Bertz CT molecular complexity index is 144. The van der Waals surface area contributed by atoms with Crippen molar-refractivity contribution in [1.82, 2.24) is 4.90 Å². The Hall–Kier alpha value is -0.570. The molecule has 0 aromatic carbocycles. The largest absolute Gasteiger partial charge is 0.466 e. The van der Waals surface area contributed by atoms with E-state index in [1.165, 1.54) is 0 Å². The predicted octanol–water partition coefficient (Wildman–Crippen LogP) is 2.06. The highest BCUT2D eigenvalue weighted by Crippen LogP contribution is 1.95. The van der Waals surface area contributed by atoms with Gasteiger partial charge in [-0.05, 0) is 25.9 Å². The zero-order valence-corrected chi connectivity index (χ0v) is 9.71. The van der Waals surface area contributed by atoms with Gasteiger partial charge in [-0.3, -0.25) is 4.79 Å². The van der Waals surface area contributed by atoms with Gasteiger partial charge in [-0.2, -0.15) is 0 Å². The van der Waals surface area contributed by atoms with Crippen LogP contribution < -0.4 is 0 Å². The van der Waals surface area contributed by atoms with E-state index in [0.717, 1.165) is 32.5 Å². The molecule has 0 aromatic heterocycles. The lowest BCUT2D eigenvalue weighted by molar-refractivity contribution is -0.143. The van der Waals surface area contributed by atoms with Gasteiger partial charge >= 0.3 is 5.97 Å². The van der Waals surface area contributed by atoms with Crippen LogP contribution in [0.25, 0.3) is 0 Å². The van der Waals surface area contributed by atoms with Crippen LogP contribution in [0, 0.1) is 0 Å². The third-order valence-electron chi connectivity index (χ3n) is 2.23. The molecule has 0 N–H and O–H groups in total. The Labute approximate surface area is 87.4 Å². The van der Waals surface area contributed by atoms with Gasteiger partial charge < -0.3 is 9.64 Å². The van der Waals surface area contributed by atoms with E-state index in [1.54, 1.807) is 0 Å². The highest BCUT2D eigenvalue weighted by molar-refractivity contribution is 5.69. The minimum Gasteiger partial charge on any atom is -0.466 e. The van der Waals surface area contributed by atoms with E-state index in [4.69, 9.17) is 4.74 Å². The Kier molecular flexibility index (Phi) is 8.64. The number of carbonyl (C=O) groups is 1. The Morgan fingerprint density at radius 2 is 1.86 bits per heavy atom. The molecule has 0 aliphatic rings. The van der Waals surface area contributed by atoms with Crippen molar-refractivity contribution in [2.24, 2.45) is 0 Å². The van der Waals surface area contributed by atoms with Crippen LogP contribution >= 0.6 is 0 Å². The topological polar surface area (TPSA) is 29.5 Å². The van der Waals surface area contributed by atoms with Crippen molar-refractivity contribution in [1.29, 1.82) is 0 Å². The maximum Gasteiger partial charge on any atom is 0.305 e. The third kappa shape index (κ3) is 6.89.